The third-order valence-electron chi connectivity index (χ3n) is 2.74. The van der Waals surface area contributed by atoms with E-state index in [0.29, 0.717) is 10.7 Å². The van der Waals surface area contributed by atoms with Gasteiger partial charge >= 0.3 is 5.97 Å². The van der Waals surface area contributed by atoms with E-state index in [2.05, 4.69) is 5.32 Å². The van der Waals surface area contributed by atoms with Gasteiger partial charge in [-0.3, -0.25) is 19.4 Å². The van der Waals surface area contributed by atoms with E-state index in [1.165, 1.54) is 0 Å². The number of rotatable bonds is 8. The Morgan fingerprint density at radius 2 is 1.86 bits per heavy atom. The molecule has 2 amide bonds. The number of hydrogen-bond donors (Lipinski definition) is 3. The number of hydrogen-bond acceptors (Lipinski definition) is 5. The molecule has 0 aliphatic heterocycles. The normalized spacial score (nSPS) is 10.1. The van der Waals surface area contributed by atoms with Gasteiger partial charge in [-0.15, -0.1) is 0 Å². The van der Waals surface area contributed by atoms with Crippen LogP contribution in [0.25, 0.3) is 0 Å². The molecule has 1 aromatic rings. The zero-order valence-corrected chi connectivity index (χ0v) is 13.1. The summed E-state index contributed by atoms with van der Waals surface area (Å²) in [7, 11) is 0. The fourth-order valence-electron chi connectivity index (χ4n) is 1.67. The lowest BCUT2D eigenvalue weighted by Crippen LogP contribution is -2.41. The van der Waals surface area contributed by atoms with Crippen LogP contribution in [0.1, 0.15) is 18.4 Å². The molecule has 4 N–H and O–H groups in total. The van der Waals surface area contributed by atoms with Crippen LogP contribution in [0.3, 0.4) is 0 Å². The Balaban J connectivity index is 2.39. The molecule has 0 bridgehead atoms. The number of thioether (sulfide) groups is 1. The summed E-state index contributed by atoms with van der Waals surface area (Å²) in [5, 5.41) is 11.8. The average Bonchev–Trinajstić information content (AvgIpc) is 2.46. The molecule has 0 spiro atoms. The van der Waals surface area contributed by atoms with Gasteiger partial charge in [-0.2, -0.15) is 11.8 Å². The molecule has 8 heteroatoms. The lowest BCUT2D eigenvalue weighted by Gasteiger charge is -2.13. The number of carbonyl (C=O) groups excluding carboxylic acids is 2. The van der Waals surface area contributed by atoms with Gasteiger partial charge in [-0.25, -0.2) is 5.84 Å². The predicted molar refractivity (Wildman–Crippen MR) is 85.1 cm³/mol. The van der Waals surface area contributed by atoms with Crippen molar-refractivity contribution in [1.82, 2.24) is 5.01 Å². The van der Waals surface area contributed by atoms with Crippen LogP contribution >= 0.6 is 11.8 Å². The van der Waals surface area contributed by atoms with Crippen molar-refractivity contribution in [3.63, 3.8) is 0 Å². The van der Waals surface area contributed by atoms with Crippen molar-refractivity contribution < 1.29 is 19.5 Å². The Hall–Kier alpha value is -2.06. The molecule has 22 heavy (non-hydrogen) atoms. The summed E-state index contributed by atoms with van der Waals surface area (Å²) in [6.07, 6.45) is 1.82. The predicted octanol–water partition coefficient (Wildman–Crippen LogP) is 1.06. The zero-order valence-electron chi connectivity index (χ0n) is 12.2. The molecule has 0 atom stereocenters. The highest BCUT2D eigenvalue weighted by atomic mass is 32.2. The Labute approximate surface area is 132 Å². The number of nitrogens with two attached hydrogens (primary N) is 1. The van der Waals surface area contributed by atoms with Crippen LogP contribution in [0.2, 0.25) is 0 Å². The minimum absolute atomic E-state index is 0.0568. The monoisotopic (exact) mass is 325 g/mol. The van der Waals surface area contributed by atoms with Crippen LogP contribution in [-0.4, -0.2) is 40.7 Å². The zero-order chi connectivity index (χ0) is 16.5. The van der Waals surface area contributed by atoms with Crippen LogP contribution in [0.15, 0.2) is 24.3 Å². The SMILES string of the molecule is CSCc1ccc(NC(=O)CCC(=O)N(N)CC(=O)O)cc1. The van der Waals surface area contributed by atoms with E-state index in [9.17, 15) is 14.4 Å². The van der Waals surface area contributed by atoms with Crippen molar-refractivity contribution >= 4 is 35.2 Å². The summed E-state index contributed by atoms with van der Waals surface area (Å²) in [5.74, 6) is 4.06. The minimum atomic E-state index is -1.20. The number of aliphatic carboxylic acids is 1. The summed E-state index contributed by atoms with van der Waals surface area (Å²) in [6, 6.07) is 7.44. The number of hydrazine groups is 1. The molecule has 0 fully saturated rings. The minimum Gasteiger partial charge on any atom is -0.480 e. The summed E-state index contributed by atoms with van der Waals surface area (Å²) in [6.45, 7) is -0.586. The fourth-order valence-corrected chi connectivity index (χ4v) is 2.20. The number of carboxylic acids is 1. The van der Waals surface area contributed by atoms with Crippen molar-refractivity contribution in [2.75, 3.05) is 18.1 Å². The first-order valence-corrected chi connectivity index (χ1v) is 7.96. The summed E-state index contributed by atoms with van der Waals surface area (Å²) in [4.78, 5) is 33.6. The Kier molecular flexibility index (Phi) is 7.41. The van der Waals surface area contributed by atoms with Gasteiger partial charge in [-0.1, -0.05) is 12.1 Å². The van der Waals surface area contributed by atoms with E-state index in [4.69, 9.17) is 10.9 Å². The number of carbonyl (C=O) groups is 3. The van der Waals surface area contributed by atoms with E-state index in [1.54, 1.807) is 23.9 Å². The molecule has 0 saturated carbocycles. The van der Waals surface area contributed by atoms with Crippen molar-refractivity contribution in [1.29, 1.82) is 0 Å². The highest BCUT2D eigenvalue weighted by Gasteiger charge is 2.14. The lowest BCUT2D eigenvalue weighted by atomic mass is 10.2. The first kappa shape index (κ1) is 18.0. The van der Waals surface area contributed by atoms with Crippen LogP contribution < -0.4 is 11.2 Å². The largest absolute Gasteiger partial charge is 0.480 e. The van der Waals surface area contributed by atoms with Gasteiger partial charge in [0.2, 0.25) is 11.8 Å². The molecule has 0 heterocycles. The second-order valence-corrected chi connectivity index (χ2v) is 5.46. The van der Waals surface area contributed by atoms with Crippen LogP contribution in [0.4, 0.5) is 5.69 Å². The summed E-state index contributed by atoms with van der Waals surface area (Å²) in [5.41, 5.74) is 1.81. The third kappa shape index (κ3) is 6.59. The van der Waals surface area contributed by atoms with Gasteiger partial charge in [0, 0.05) is 24.3 Å². The molecule has 1 rings (SSSR count). The molecule has 0 aliphatic carbocycles. The van der Waals surface area contributed by atoms with Crippen molar-refractivity contribution in [2.24, 2.45) is 5.84 Å². The number of nitrogens with one attached hydrogen (secondary N) is 1. The van der Waals surface area contributed by atoms with Crippen LogP contribution in [0.5, 0.6) is 0 Å². The first-order chi connectivity index (χ1) is 10.4. The molecule has 7 nitrogen and oxygen atoms in total. The van der Waals surface area contributed by atoms with Gasteiger partial charge in [0.1, 0.15) is 6.54 Å². The smallest absolute Gasteiger partial charge is 0.324 e. The number of carboxylic acid groups (broad SMARTS) is 1. The molecule has 1 aromatic carbocycles. The molecule has 0 aliphatic rings. The topological polar surface area (TPSA) is 113 Å². The van der Waals surface area contributed by atoms with Crippen molar-refractivity contribution in [3.8, 4) is 0 Å². The van der Waals surface area contributed by atoms with E-state index >= 15 is 0 Å². The van der Waals surface area contributed by atoms with Gasteiger partial charge in [0.05, 0.1) is 0 Å². The third-order valence-corrected chi connectivity index (χ3v) is 3.36. The second kappa shape index (κ2) is 9.06. The summed E-state index contributed by atoms with van der Waals surface area (Å²) < 4.78 is 0. The molecular formula is C14H19N3O4S. The van der Waals surface area contributed by atoms with Crippen LogP contribution in [-0.2, 0) is 20.1 Å². The molecule has 0 unspecified atom stereocenters. The molecule has 0 saturated heterocycles. The van der Waals surface area contributed by atoms with Gasteiger partial charge in [0.25, 0.3) is 0 Å². The van der Waals surface area contributed by atoms with Gasteiger partial charge < -0.3 is 10.4 Å². The Morgan fingerprint density at radius 3 is 2.41 bits per heavy atom. The van der Waals surface area contributed by atoms with Crippen LogP contribution in [0, 0.1) is 0 Å². The van der Waals surface area contributed by atoms with Crippen molar-refractivity contribution in [2.45, 2.75) is 18.6 Å². The quantitative estimate of drug-likeness (QED) is 0.374. The molecule has 0 aromatic heterocycles. The molecule has 0 radical (unpaired) electrons. The maximum Gasteiger partial charge on any atom is 0.324 e. The Morgan fingerprint density at radius 1 is 1.23 bits per heavy atom. The lowest BCUT2D eigenvalue weighted by molar-refractivity contribution is -0.144. The number of anilines is 1. The van der Waals surface area contributed by atoms with E-state index < -0.39 is 18.4 Å². The van der Waals surface area contributed by atoms with Gasteiger partial charge in [-0.05, 0) is 24.0 Å². The maximum absolute atomic E-state index is 11.7. The number of benzene rings is 1. The van der Waals surface area contributed by atoms with E-state index in [0.717, 1.165) is 11.3 Å². The van der Waals surface area contributed by atoms with E-state index in [-0.39, 0.29) is 18.7 Å². The maximum atomic E-state index is 11.7. The highest BCUT2D eigenvalue weighted by molar-refractivity contribution is 7.97. The van der Waals surface area contributed by atoms with E-state index in [1.807, 2.05) is 18.4 Å². The second-order valence-electron chi connectivity index (χ2n) is 4.59. The first-order valence-electron chi connectivity index (χ1n) is 6.57. The molecule has 120 valence electrons. The fraction of sp³-hybridized carbons (Fsp3) is 0.357. The van der Waals surface area contributed by atoms with Gasteiger partial charge in [0.15, 0.2) is 0 Å². The number of nitrogens with zero attached hydrogens (tertiary/aromatic N) is 1. The summed E-state index contributed by atoms with van der Waals surface area (Å²) >= 11 is 1.71. The molecular weight excluding hydrogens is 306 g/mol. The average molecular weight is 325 g/mol. The Bertz CT molecular complexity index is 533. The standard InChI is InChI=1S/C14H19N3O4S/c1-22-9-10-2-4-11(5-3-10)16-12(18)6-7-13(19)17(15)8-14(20)21/h2-5H,6-9,15H2,1H3,(H,16,18)(H,20,21). The number of amides is 2. The highest BCUT2D eigenvalue weighted by Crippen LogP contribution is 2.14. The van der Waals surface area contributed by atoms with Crippen molar-refractivity contribution in [3.05, 3.63) is 29.8 Å².